The highest BCUT2D eigenvalue weighted by Crippen LogP contribution is 2.07. The van der Waals surface area contributed by atoms with E-state index in [-0.39, 0.29) is 18.1 Å². The molecule has 1 heterocycles. The largest absolute Gasteiger partial charge is 0.379 e. The summed E-state index contributed by atoms with van der Waals surface area (Å²) in [6.07, 6.45) is -0.379. The molecule has 0 aliphatic carbocycles. The van der Waals surface area contributed by atoms with Crippen molar-refractivity contribution in [1.82, 2.24) is 10.2 Å². The van der Waals surface area contributed by atoms with Gasteiger partial charge in [0.15, 0.2) is 0 Å². The number of amides is 1. The van der Waals surface area contributed by atoms with Crippen LogP contribution < -0.4 is 5.32 Å². The first-order chi connectivity index (χ1) is 8.16. The summed E-state index contributed by atoms with van der Waals surface area (Å²) in [6.45, 7) is 9.99. The van der Waals surface area contributed by atoms with Crippen molar-refractivity contribution in [3.05, 3.63) is 0 Å². The standard InChI is InChI=1S/C12H24N2O3/c1-4-16-7-8-17-11(3)12(15)14-6-5-13-9-10(14)2/h10-11,13H,4-9H2,1-3H3/t10-,11?/m1/s1. The van der Waals surface area contributed by atoms with Gasteiger partial charge in [0.2, 0.25) is 0 Å². The van der Waals surface area contributed by atoms with Crippen molar-refractivity contribution in [3.8, 4) is 0 Å². The molecule has 1 N–H and O–H groups in total. The van der Waals surface area contributed by atoms with Crippen molar-refractivity contribution in [2.45, 2.75) is 32.9 Å². The Morgan fingerprint density at radius 3 is 2.94 bits per heavy atom. The summed E-state index contributed by atoms with van der Waals surface area (Å²) in [6, 6.07) is 0.245. The van der Waals surface area contributed by atoms with Crippen LogP contribution in [0.5, 0.6) is 0 Å². The summed E-state index contributed by atoms with van der Waals surface area (Å²) in [5, 5.41) is 3.26. The van der Waals surface area contributed by atoms with Crippen molar-refractivity contribution in [1.29, 1.82) is 0 Å². The maximum atomic E-state index is 12.1. The first-order valence-corrected chi connectivity index (χ1v) is 6.37. The number of piperazine rings is 1. The van der Waals surface area contributed by atoms with Crippen molar-refractivity contribution in [2.24, 2.45) is 0 Å². The summed E-state index contributed by atoms with van der Waals surface area (Å²) in [5.74, 6) is 0.0792. The van der Waals surface area contributed by atoms with Gasteiger partial charge in [-0.05, 0) is 20.8 Å². The fraction of sp³-hybridized carbons (Fsp3) is 0.917. The predicted molar refractivity (Wildman–Crippen MR) is 66.0 cm³/mol. The number of nitrogens with zero attached hydrogens (tertiary/aromatic N) is 1. The number of carbonyl (C=O) groups excluding carboxylic acids is 1. The first-order valence-electron chi connectivity index (χ1n) is 6.37. The Labute approximate surface area is 103 Å². The molecule has 0 bridgehead atoms. The molecule has 1 aliphatic heterocycles. The lowest BCUT2D eigenvalue weighted by atomic mass is 10.2. The van der Waals surface area contributed by atoms with Gasteiger partial charge in [-0.1, -0.05) is 0 Å². The molecule has 1 unspecified atom stereocenters. The van der Waals surface area contributed by atoms with Crippen molar-refractivity contribution in [3.63, 3.8) is 0 Å². The molecule has 0 aromatic rings. The lowest BCUT2D eigenvalue weighted by Crippen LogP contribution is -2.54. The molecule has 0 spiro atoms. The third kappa shape index (κ3) is 4.61. The molecule has 2 atom stereocenters. The van der Waals surface area contributed by atoms with Crippen LogP contribution >= 0.6 is 0 Å². The second-order valence-corrected chi connectivity index (χ2v) is 4.29. The summed E-state index contributed by atoms with van der Waals surface area (Å²) in [4.78, 5) is 14.0. The van der Waals surface area contributed by atoms with Crippen molar-refractivity contribution in [2.75, 3.05) is 39.5 Å². The fourth-order valence-electron chi connectivity index (χ4n) is 1.90. The third-order valence-electron chi connectivity index (χ3n) is 2.93. The Morgan fingerprint density at radius 1 is 1.53 bits per heavy atom. The zero-order valence-electron chi connectivity index (χ0n) is 11.1. The van der Waals surface area contributed by atoms with E-state index in [0.29, 0.717) is 19.8 Å². The van der Waals surface area contributed by atoms with Crippen molar-refractivity contribution >= 4 is 5.91 Å². The zero-order valence-corrected chi connectivity index (χ0v) is 11.1. The second-order valence-electron chi connectivity index (χ2n) is 4.29. The molecule has 5 heteroatoms. The Bertz CT molecular complexity index is 236. The van der Waals surface area contributed by atoms with E-state index in [9.17, 15) is 4.79 Å². The molecule has 0 aromatic carbocycles. The van der Waals surface area contributed by atoms with Gasteiger partial charge in [-0.3, -0.25) is 4.79 Å². The first kappa shape index (κ1) is 14.4. The molecule has 100 valence electrons. The summed E-state index contributed by atoms with van der Waals surface area (Å²) >= 11 is 0. The number of carbonyl (C=O) groups is 1. The Kier molecular flexibility index (Phi) is 6.47. The molecule has 5 nitrogen and oxygen atoms in total. The van der Waals surface area contributed by atoms with Crippen LogP contribution in [-0.4, -0.2) is 62.4 Å². The Hall–Kier alpha value is -0.650. The highest BCUT2D eigenvalue weighted by atomic mass is 16.5. The van der Waals surface area contributed by atoms with E-state index in [0.717, 1.165) is 19.6 Å². The summed E-state index contributed by atoms with van der Waals surface area (Å²) in [7, 11) is 0. The molecule has 0 saturated carbocycles. The van der Waals surface area contributed by atoms with E-state index in [1.807, 2.05) is 18.7 Å². The topological polar surface area (TPSA) is 50.8 Å². The van der Waals surface area contributed by atoms with Gasteiger partial charge >= 0.3 is 0 Å². The minimum Gasteiger partial charge on any atom is -0.379 e. The van der Waals surface area contributed by atoms with E-state index < -0.39 is 0 Å². The van der Waals surface area contributed by atoms with Crippen LogP contribution in [0.15, 0.2) is 0 Å². The van der Waals surface area contributed by atoms with Crippen molar-refractivity contribution < 1.29 is 14.3 Å². The minimum atomic E-state index is -0.379. The lowest BCUT2D eigenvalue weighted by molar-refractivity contribution is -0.146. The van der Waals surface area contributed by atoms with E-state index in [2.05, 4.69) is 12.2 Å². The molecule has 1 saturated heterocycles. The predicted octanol–water partition coefficient (Wildman–Crippen LogP) is 0.248. The average Bonchev–Trinajstić information content (AvgIpc) is 2.34. The monoisotopic (exact) mass is 244 g/mol. The van der Waals surface area contributed by atoms with Crippen LogP contribution in [0.1, 0.15) is 20.8 Å². The van der Waals surface area contributed by atoms with Gasteiger partial charge in [0.1, 0.15) is 6.10 Å². The summed E-state index contributed by atoms with van der Waals surface area (Å²) in [5.41, 5.74) is 0. The van der Waals surface area contributed by atoms with Gasteiger partial charge in [-0.15, -0.1) is 0 Å². The van der Waals surface area contributed by atoms with Gasteiger partial charge in [0, 0.05) is 32.3 Å². The molecular weight excluding hydrogens is 220 g/mol. The van der Waals surface area contributed by atoms with Gasteiger partial charge < -0.3 is 19.7 Å². The van der Waals surface area contributed by atoms with Gasteiger partial charge in [-0.2, -0.15) is 0 Å². The maximum absolute atomic E-state index is 12.1. The Balaban J connectivity index is 2.29. The number of hydrogen-bond donors (Lipinski definition) is 1. The molecular formula is C12H24N2O3. The molecule has 1 amide bonds. The zero-order chi connectivity index (χ0) is 12.7. The van der Waals surface area contributed by atoms with Crippen LogP contribution in [0.4, 0.5) is 0 Å². The normalized spacial score (nSPS) is 22.5. The van der Waals surface area contributed by atoms with E-state index in [1.165, 1.54) is 0 Å². The molecule has 1 rings (SSSR count). The quantitative estimate of drug-likeness (QED) is 0.680. The maximum Gasteiger partial charge on any atom is 0.251 e. The van der Waals surface area contributed by atoms with E-state index >= 15 is 0 Å². The van der Waals surface area contributed by atoms with Crippen LogP contribution in [-0.2, 0) is 14.3 Å². The van der Waals surface area contributed by atoms with Crippen LogP contribution in [0.25, 0.3) is 0 Å². The van der Waals surface area contributed by atoms with E-state index in [1.54, 1.807) is 0 Å². The van der Waals surface area contributed by atoms with Crippen LogP contribution in [0.2, 0.25) is 0 Å². The lowest BCUT2D eigenvalue weighted by Gasteiger charge is -2.35. The molecule has 0 radical (unpaired) electrons. The van der Waals surface area contributed by atoms with E-state index in [4.69, 9.17) is 9.47 Å². The Morgan fingerprint density at radius 2 is 2.29 bits per heavy atom. The number of rotatable bonds is 6. The summed E-state index contributed by atoms with van der Waals surface area (Å²) < 4.78 is 10.6. The smallest absolute Gasteiger partial charge is 0.251 e. The third-order valence-corrected chi connectivity index (χ3v) is 2.93. The van der Waals surface area contributed by atoms with Crippen LogP contribution in [0.3, 0.4) is 0 Å². The number of ether oxygens (including phenoxy) is 2. The van der Waals surface area contributed by atoms with Gasteiger partial charge in [-0.25, -0.2) is 0 Å². The molecule has 1 fully saturated rings. The second kappa shape index (κ2) is 7.63. The SMILES string of the molecule is CCOCCOC(C)C(=O)N1CCNC[C@H]1C. The highest BCUT2D eigenvalue weighted by Gasteiger charge is 2.26. The number of nitrogens with one attached hydrogen (secondary N) is 1. The minimum absolute atomic E-state index is 0.0792. The highest BCUT2D eigenvalue weighted by molar-refractivity contribution is 5.81. The van der Waals surface area contributed by atoms with Gasteiger partial charge in [0.25, 0.3) is 5.91 Å². The van der Waals surface area contributed by atoms with Gasteiger partial charge in [0.05, 0.1) is 13.2 Å². The molecule has 1 aliphatic rings. The number of hydrogen-bond acceptors (Lipinski definition) is 4. The molecule has 17 heavy (non-hydrogen) atoms. The van der Waals surface area contributed by atoms with Crippen LogP contribution in [0, 0.1) is 0 Å². The fourth-order valence-corrected chi connectivity index (χ4v) is 1.90. The average molecular weight is 244 g/mol. The molecule has 0 aromatic heterocycles.